The van der Waals surface area contributed by atoms with Gasteiger partial charge in [0.2, 0.25) is 0 Å². The van der Waals surface area contributed by atoms with Gasteiger partial charge in [0.1, 0.15) is 12.1 Å². The molecule has 1 N–H and O–H groups in total. The van der Waals surface area contributed by atoms with Crippen molar-refractivity contribution < 1.29 is 0 Å². The molecule has 0 aromatic carbocycles. The Bertz CT molecular complexity index is 579. The lowest BCUT2D eigenvalue weighted by Gasteiger charge is -2.28. The zero-order valence-corrected chi connectivity index (χ0v) is 14.4. The molecule has 7 heteroatoms. The van der Waals surface area contributed by atoms with Crippen molar-refractivity contribution in [2.24, 2.45) is 0 Å². The van der Waals surface area contributed by atoms with E-state index in [0.29, 0.717) is 6.04 Å². The molecule has 2 aromatic heterocycles. The molecule has 0 spiro atoms. The highest BCUT2D eigenvalue weighted by molar-refractivity contribution is 14.2. The van der Waals surface area contributed by atoms with Crippen LogP contribution in [0.15, 0.2) is 18.6 Å². The van der Waals surface area contributed by atoms with Crippen LogP contribution in [0.4, 0.5) is 5.82 Å². The molecule has 1 fully saturated rings. The number of aromatic nitrogens is 3. The van der Waals surface area contributed by atoms with E-state index in [0.717, 1.165) is 29.9 Å². The van der Waals surface area contributed by atoms with Crippen LogP contribution in [0.3, 0.4) is 0 Å². The first-order chi connectivity index (χ1) is 9.81. The fraction of sp³-hybridized carbons (Fsp3) is 0.538. The Morgan fingerprint density at radius 3 is 3.20 bits per heavy atom. The lowest BCUT2D eigenvalue weighted by molar-refractivity contribution is 0.567. The summed E-state index contributed by atoms with van der Waals surface area (Å²) in [5.41, 5.74) is 0.989. The van der Waals surface area contributed by atoms with Gasteiger partial charge in [-0.3, -0.25) is 3.97 Å². The smallest absolute Gasteiger partial charge is 0.156 e. The van der Waals surface area contributed by atoms with E-state index in [-0.39, 0.29) is 0 Å². The van der Waals surface area contributed by atoms with Crippen LogP contribution in [0.25, 0.3) is 11.0 Å². The molecule has 1 unspecified atom stereocenters. The number of hydrogen-bond acceptors (Lipinski definition) is 5. The summed E-state index contributed by atoms with van der Waals surface area (Å²) in [4.78, 5) is 11.2. The molecule has 1 aliphatic rings. The molecule has 0 saturated carbocycles. The minimum absolute atomic E-state index is 0.506. The molecule has 0 bridgehead atoms. The van der Waals surface area contributed by atoms with Crippen molar-refractivity contribution in [1.82, 2.24) is 19.3 Å². The Kier molecular flexibility index (Phi) is 4.67. The second kappa shape index (κ2) is 6.48. The van der Waals surface area contributed by atoms with Gasteiger partial charge in [0.05, 0.1) is 5.39 Å². The minimum atomic E-state index is 0.506. The Labute approximate surface area is 135 Å². The normalized spacial score (nSPS) is 20.0. The molecule has 3 rings (SSSR count). The maximum atomic E-state index is 4.52. The third kappa shape index (κ3) is 2.75. The van der Waals surface area contributed by atoms with Crippen LogP contribution in [-0.2, 0) is 0 Å². The van der Waals surface area contributed by atoms with E-state index in [2.05, 4.69) is 64.7 Å². The van der Waals surface area contributed by atoms with Gasteiger partial charge in [0, 0.05) is 56.2 Å². The Morgan fingerprint density at radius 2 is 2.35 bits per heavy atom. The summed E-state index contributed by atoms with van der Waals surface area (Å²) >= 11 is 2.27. The van der Waals surface area contributed by atoms with E-state index in [1.807, 2.05) is 0 Å². The summed E-state index contributed by atoms with van der Waals surface area (Å²) in [6.07, 6.45) is 7.49. The highest BCUT2D eigenvalue weighted by atomic mass is 127. The van der Waals surface area contributed by atoms with E-state index < -0.39 is 0 Å². The molecule has 20 heavy (non-hydrogen) atoms. The molecular weight excluding hydrogens is 385 g/mol. The third-order valence-corrected chi connectivity index (χ3v) is 5.62. The topological polar surface area (TPSA) is 46.0 Å². The number of rotatable bonds is 3. The van der Waals surface area contributed by atoms with Gasteiger partial charge in [-0.05, 0) is 25.5 Å². The lowest BCUT2D eigenvalue weighted by Crippen LogP contribution is -2.39. The van der Waals surface area contributed by atoms with Gasteiger partial charge in [0.15, 0.2) is 5.65 Å². The van der Waals surface area contributed by atoms with Gasteiger partial charge in [-0.15, -0.1) is 0 Å². The van der Waals surface area contributed by atoms with Gasteiger partial charge in [-0.1, -0.05) is 6.42 Å². The average molecular weight is 403 g/mol. The van der Waals surface area contributed by atoms with Gasteiger partial charge in [0.25, 0.3) is 0 Å². The average Bonchev–Trinajstić information content (AvgIpc) is 2.71. The van der Waals surface area contributed by atoms with Crippen LogP contribution in [0, 0.1) is 0 Å². The number of halogens is 1. The SMILES string of the molecule is CN(c1ncnc2c1ccn2SI)C1CCCCNC1. The molecule has 0 amide bonds. The second-order valence-corrected chi connectivity index (χ2v) is 6.82. The Balaban J connectivity index is 1.94. The maximum absolute atomic E-state index is 4.52. The molecule has 108 valence electrons. The third-order valence-electron chi connectivity index (χ3n) is 3.90. The molecule has 2 aromatic rings. The van der Waals surface area contributed by atoms with Gasteiger partial charge in [-0.25, -0.2) is 9.97 Å². The van der Waals surface area contributed by atoms with Crippen molar-refractivity contribution in [2.45, 2.75) is 25.3 Å². The van der Waals surface area contributed by atoms with Crippen molar-refractivity contribution in [3.63, 3.8) is 0 Å². The van der Waals surface area contributed by atoms with Crippen LogP contribution in [0.2, 0.25) is 0 Å². The summed E-state index contributed by atoms with van der Waals surface area (Å²) in [6, 6.07) is 2.61. The van der Waals surface area contributed by atoms with Crippen LogP contribution < -0.4 is 10.2 Å². The van der Waals surface area contributed by atoms with E-state index in [1.165, 1.54) is 19.3 Å². The molecular formula is C13H18IN5S. The number of nitrogens with zero attached hydrogens (tertiary/aromatic N) is 4. The molecule has 3 heterocycles. The van der Waals surface area contributed by atoms with E-state index in [1.54, 1.807) is 15.4 Å². The van der Waals surface area contributed by atoms with Crippen LogP contribution in [-0.4, -0.2) is 40.1 Å². The number of fused-ring (bicyclic) bond motifs is 1. The van der Waals surface area contributed by atoms with E-state index >= 15 is 0 Å². The van der Waals surface area contributed by atoms with E-state index in [4.69, 9.17) is 0 Å². The van der Waals surface area contributed by atoms with E-state index in [9.17, 15) is 0 Å². The number of hydrogen-bond donors (Lipinski definition) is 1. The first kappa shape index (κ1) is 14.4. The monoisotopic (exact) mass is 403 g/mol. The van der Waals surface area contributed by atoms with Crippen molar-refractivity contribution >= 4 is 47.2 Å². The summed E-state index contributed by atoms with van der Waals surface area (Å²) < 4.78 is 2.07. The summed E-state index contributed by atoms with van der Waals surface area (Å²) in [7, 11) is 3.78. The number of nitrogens with one attached hydrogen (secondary N) is 1. The molecule has 1 aliphatic heterocycles. The van der Waals surface area contributed by atoms with Crippen LogP contribution >= 0.6 is 30.3 Å². The number of anilines is 1. The summed E-state index contributed by atoms with van der Waals surface area (Å²) in [5, 5.41) is 4.65. The lowest BCUT2D eigenvalue weighted by atomic mass is 10.1. The fourth-order valence-electron chi connectivity index (χ4n) is 2.76. The number of likely N-dealkylation sites (N-methyl/N-ethyl adjacent to an activating group) is 1. The molecule has 5 nitrogen and oxygen atoms in total. The zero-order valence-electron chi connectivity index (χ0n) is 11.4. The molecule has 1 atom stereocenters. The first-order valence-corrected chi connectivity index (χ1v) is 10.2. The van der Waals surface area contributed by atoms with Gasteiger partial charge in [-0.2, -0.15) is 0 Å². The van der Waals surface area contributed by atoms with Gasteiger partial charge >= 0.3 is 0 Å². The predicted octanol–water partition coefficient (Wildman–Crippen LogP) is 2.86. The maximum Gasteiger partial charge on any atom is 0.156 e. The highest BCUT2D eigenvalue weighted by Crippen LogP contribution is 2.29. The zero-order chi connectivity index (χ0) is 13.9. The minimum Gasteiger partial charge on any atom is -0.355 e. The highest BCUT2D eigenvalue weighted by Gasteiger charge is 2.20. The molecule has 0 aliphatic carbocycles. The van der Waals surface area contributed by atoms with Crippen molar-refractivity contribution in [3.05, 3.63) is 18.6 Å². The first-order valence-electron chi connectivity index (χ1n) is 6.86. The summed E-state index contributed by atoms with van der Waals surface area (Å²) in [6.45, 7) is 2.16. The largest absolute Gasteiger partial charge is 0.355 e. The molecule has 0 radical (unpaired) electrons. The Hall–Kier alpha value is -0.540. The molecule has 1 saturated heterocycles. The fourth-order valence-corrected chi connectivity index (χ4v) is 4.03. The predicted molar refractivity (Wildman–Crippen MR) is 93.4 cm³/mol. The Morgan fingerprint density at radius 1 is 1.45 bits per heavy atom. The standard InChI is InChI=1S/C13H18IN5S/c1-18(10-4-2-3-6-15-8-10)12-11-5-7-19(20-14)13(11)17-9-16-12/h5,7,9-10,15H,2-4,6,8H2,1H3. The van der Waals surface area contributed by atoms with Crippen molar-refractivity contribution in [2.75, 3.05) is 25.0 Å². The van der Waals surface area contributed by atoms with Crippen molar-refractivity contribution in [1.29, 1.82) is 0 Å². The van der Waals surface area contributed by atoms with Crippen molar-refractivity contribution in [3.8, 4) is 0 Å². The van der Waals surface area contributed by atoms with Crippen LogP contribution in [0.5, 0.6) is 0 Å². The van der Waals surface area contributed by atoms with Crippen LogP contribution in [0.1, 0.15) is 19.3 Å². The second-order valence-electron chi connectivity index (χ2n) is 5.11. The summed E-state index contributed by atoms with van der Waals surface area (Å²) in [5.74, 6) is 1.04. The quantitative estimate of drug-likeness (QED) is 0.799. The van der Waals surface area contributed by atoms with Gasteiger partial charge < -0.3 is 10.2 Å².